The van der Waals surface area contributed by atoms with Gasteiger partial charge in [-0.05, 0) is 59.4 Å². The van der Waals surface area contributed by atoms with Gasteiger partial charge in [0.15, 0.2) is 0 Å². The summed E-state index contributed by atoms with van der Waals surface area (Å²) >= 11 is 0. The Morgan fingerprint density at radius 1 is 0.978 bits per heavy atom. The van der Waals surface area contributed by atoms with Crippen LogP contribution in [0, 0.1) is 5.82 Å². The topological polar surface area (TPSA) is 76.2 Å². The van der Waals surface area contributed by atoms with E-state index in [0.29, 0.717) is 25.9 Å². The molecule has 0 radical (unpaired) electrons. The Kier molecular flexibility index (Phi) is 10.4. The molecule has 0 unspecified atom stereocenters. The number of nitrogens with zero attached hydrogens (tertiary/aromatic N) is 4. The standard InChI is InChI=1S/C36H40FN5O3/c1-3-20-40(36(45)38-22-29-16-18-32(37)19-17-29)41-25-35(44)42(27(2)21-28-10-5-4-6-11-28)34(41)24-39(26-43)23-31-14-9-13-30-12-7-8-15-33(30)31/h4-19,26-27,34H,3,20-25H2,1-2H3,(H,38,45)/t27-,34-/m1/s1. The largest absolute Gasteiger partial charge is 0.337 e. The molecule has 234 valence electrons. The zero-order valence-corrected chi connectivity index (χ0v) is 25.8. The number of rotatable bonds is 13. The molecule has 1 saturated heterocycles. The zero-order chi connectivity index (χ0) is 31.8. The van der Waals surface area contributed by atoms with Gasteiger partial charge in [-0.1, -0.05) is 91.9 Å². The predicted molar refractivity (Wildman–Crippen MR) is 173 cm³/mol. The molecule has 1 N–H and O–H groups in total. The van der Waals surface area contributed by atoms with E-state index in [4.69, 9.17) is 0 Å². The van der Waals surface area contributed by atoms with Crippen molar-refractivity contribution in [2.75, 3.05) is 19.6 Å². The first-order valence-corrected chi connectivity index (χ1v) is 15.4. The van der Waals surface area contributed by atoms with E-state index in [1.54, 1.807) is 27.1 Å². The summed E-state index contributed by atoms with van der Waals surface area (Å²) in [6.07, 6.45) is 1.54. The Balaban J connectivity index is 1.42. The second kappa shape index (κ2) is 14.8. The van der Waals surface area contributed by atoms with Crippen LogP contribution in [-0.2, 0) is 29.1 Å². The maximum atomic E-state index is 13.8. The van der Waals surface area contributed by atoms with Crippen LogP contribution in [0.5, 0.6) is 0 Å². The van der Waals surface area contributed by atoms with Gasteiger partial charge in [-0.15, -0.1) is 0 Å². The molecular formula is C36H40FN5O3. The molecule has 0 bridgehead atoms. The third-order valence-electron chi connectivity index (χ3n) is 8.24. The van der Waals surface area contributed by atoms with Gasteiger partial charge in [-0.25, -0.2) is 9.18 Å². The SMILES string of the molecule is CCCN(C(=O)NCc1ccc(F)cc1)N1CC(=O)N([C@H](C)Cc2ccccc2)[C@@H]1CN(C=O)Cc1cccc2ccccc12. The van der Waals surface area contributed by atoms with E-state index in [1.807, 2.05) is 91.5 Å². The van der Waals surface area contributed by atoms with Crippen LogP contribution in [-0.4, -0.2) is 70.0 Å². The molecule has 0 aliphatic carbocycles. The molecule has 45 heavy (non-hydrogen) atoms. The molecule has 1 heterocycles. The van der Waals surface area contributed by atoms with Crippen molar-refractivity contribution in [1.29, 1.82) is 0 Å². The quantitative estimate of drug-likeness (QED) is 0.201. The average molecular weight is 610 g/mol. The zero-order valence-electron chi connectivity index (χ0n) is 25.8. The van der Waals surface area contributed by atoms with Gasteiger partial charge in [0.25, 0.3) is 0 Å². The van der Waals surface area contributed by atoms with E-state index in [9.17, 15) is 18.8 Å². The van der Waals surface area contributed by atoms with Gasteiger partial charge in [0, 0.05) is 25.7 Å². The lowest BCUT2D eigenvalue weighted by atomic mass is 10.0. The van der Waals surface area contributed by atoms with Gasteiger partial charge >= 0.3 is 6.03 Å². The summed E-state index contributed by atoms with van der Waals surface area (Å²) in [6, 6.07) is 29.5. The molecule has 8 nitrogen and oxygen atoms in total. The van der Waals surface area contributed by atoms with Crippen molar-refractivity contribution in [1.82, 2.24) is 25.1 Å². The molecule has 5 rings (SSSR count). The molecule has 0 saturated carbocycles. The summed E-state index contributed by atoms with van der Waals surface area (Å²) in [5.41, 5.74) is 2.86. The van der Waals surface area contributed by atoms with Crippen molar-refractivity contribution in [3.63, 3.8) is 0 Å². The molecule has 1 aliphatic rings. The van der Waals surface area contributed by atoms with Crippen LogP contribution >= 0.6 is 0 Å². The number of urea groups is 1. The van der Waals surface area contributed by atoms with Crippen molar-refractivity contribution in [2.24, 2.45) is 0 Å². The van der Waals surface area contributed by atoms with Crippen LogP contribution in [0.2, 0.25) is 0 Å². The Morgan fingerprint density at radius 3 is 2.42 bits per heavy atom. The smallest absolute Gasteiger partial charge is 0.332 e. The fourth-order valence-electron chi connectivity index (χ4n) is 6.09. The fraction of sp³-hybridized carbons (Fsp3) is 0.306. The van der Waals surface area contributed by atoms with Gasteiger partial charge in [0.1, 0.15) is 12.0 Å². The van der Waals surface area contributed by atoms with E-state index in [0.717, 1.165) is 33.9 Å². The molecular weight excluding hydrogens is 569 g/mol. The predicted octanol–water partition coefficient (Wildman–Crippen LogP) is 5.58. The van der Waals surface area contributed by atoms with Gasteiger partial charge < -0.3 is 15.1 Å². The van der Waals surface area contributed by atoms with Crippen LogP contribution in [0.15, 0.2) is 97.1 Å². The number of amides is 4. The maximum Gasteiger partial charge on any atom is 0.332 e. The lowest BCUT2D eigenvalue weighted by Gasteiger charge is -2.40. The minimum atomic E-state index is -0.570. The Morgan fingerprint density at radius 2 is 1.69 bits per heavy atom. The van der Waals surface area contributed by atoms with Crippen molar-refractivity contribution < 1.29 is 18.8 Å². The average Bonchev–Trinajstić information content (AvgIpc) is 3.38. The van der Waals surface area contributed by atoms with Crippen molar-refractivity contribution in [3.05, 3.63) is 120 Å². The molecule has 1 aliphatic heterocycles. The van der Waals surface area contributed by atoms with Gasteiger partial charge in [0.2, 0.25) is 12.3 Å². The lowest BCUT2D eigenvalue weighted by Crippen LogP contribution is -2.58. The normalized spacial score (nSPS) is 15.7. The van der Waals surface area contributed by atoms with Crippen LogP contribution < -0.4 is 5.32 Å². The van der Waals surface area contributed by atoms with E-state index in [1.165, 1.54) is 12.1 Å². The number of hydrogen-bond acceptors (Lipinski definition) is 4. The number of carbonyl (C=O) groups is 3. The summed E-state index contributed by atoms with van der Waals surface area (Å²) in [6.45, 7) is 5.15. The third kappa shape index (κ3) is 7.67. The highest BCUT2D eigenvalue weighted by Crippen LogP contribution is 2.26. The second-order valence-corrected chi connectivity index (χ2v) is 11.5. The number of hydrazine groups is 1. The van der Waals surface area contributed by atoms with Crippen LogP contribution in [0.4, 0.5) is 9.18 Å². The van der Waals surface area contributed by atoms with Crippen molar-refractivity contribution >= 4 is 29.1 Å². The number of benzene rings is 4. The second-order valence-electron chi connectivity index (χ2n) is 11.5. The van der Waals surface area contributed by atoms with Gasteiger partial charge in [-0.2, -0.15) is 5.01 Å². The van der Waals surface area contributed by atoms with Crippen LogP contribution in [0.1, 0.15) is 37.0 Å². The summed E-state index contributed by atoms with van der Waals surface area (Å²) in [5.74, 6) is -0.448. The minimum absolute atomic E-state index is 0.00866. The van der Waals surface area contributed by atoms with E-state index in [-0.39, 0.29) is 43.4 Å². The Bertz CT molecular complexity index is 1590. The number of nitrogens with one attached hydrogen (secondary N) is 1. The number of hydrogen-bond donors (Lipinski definition) is 1. The minimum Gasteiger partial charge on any atom is -0.337 e. The summed E-state index contributed by atoms with van der Waals surface area (Å²) in [4.78, 5) is 43.5. The van der Waals surface area contributed by atoms with Gasteiger partial charge in [-0.3, -0.25) is 14.6 Å². The summed E-state index contributed by atoms with van der Waals surface area (Å²) in [7, 11) is 0. The molecule has 0 aromatic heterocycles. The Labute approximate surface area is 264 Å². The monoisotopic (exact) mass is 609 g/mol. The molecule has 0 spiro atoms. The highest BCUT2D eigenvalue weighted by molar-refractivity contribution is 5.86. The van der Waals surface area contributed by atoms with E-state index < -0.39 is 6.17 Å². The van der Waals surface area contributed by atoms with Crippen molar-refractivity contribution in [3.8, 4) is 0 Å². The fourth-order valence-corrected chi connectivity index (χ4v) is 6.09. The first-order valence-electron chi connectivity index (χ1n) is 15.4. The van der Waals surface area contributed by atoms with E-state index in [2.05, 4.69) is 5.32 Å². The first-order chi connectivity index (χ1) is 21.9. The molecule has 2 atom stereocenters. The third-order valence-corrected chi connectivity index (χ3v) is 8.24. The van der Waals surface area contributed by atoms with Crippen LogP contribution in [0.3, 0.4) is 0 Å². The highest BCUT2D eigenvalue weighted by atomic mass is 19.1. The number of carbonyl (C=O) groups excluding carboxylic acids is 3. The summed E-state index contributed by atoms with van der Waals surface area (Å²) in [5, 5.41) is 8.47. The molecule has 9 heteroatoms. The molecule has 4 aromatic carbocycles. The van der Waals surface area contributed by atoms with Crippen LogP contribution in [0.25, 0.3) is 10.8 Å². The van der Waals surface area contributed by atoms with E-state index >= 15 is 0 Å². The molecule has 4 aromatic rings. The number of halogens is 1. The number of fused-ring (bicyclic) bond motifs is 1. The maximum absolute atomic E-state index is 13.8. The lowest BCUT2D eigenvalue weighted by molar-refractivity contribution is -0.132. The Hall–Kier alpha value is -4.76. The molecule has 1 fully saturated rings. The van der Waals surface area contributed by atoms with Crippen molar-refractivity contribution in [2.45, 2.75) is 52.0 Å². The highest BCUT2D eigenvalue weighted by Gasteiger charge is 2.45. The molecule has 4 amide bonds. The first kappa shape index (κ1) is 31.7. The van der Waals surface area contributed by atoms with Gasteiger partial charge in [0.05, 0.1) is 13.1 Å². The summed E-state index contributed by atoms with van der Waals surface area (Å²) < 4.78 is 13.4.